The molecule has 0 bridgehead atoms. The number of aromatic nitrogens is 1. The van der Waals surface area contributed by atoms with E-state index in [1.807, 2.05) is 30.6 Å². The fourth-order valence-corrected chi connectivity index (χ4v) is 1.80. The predicted octanol–water partition coefficient (Wildman–Crippen LogP) is 2.68. The van der Waals surface area contributed by atoms with Crippen LogP contribution in [0.2, 0.25) is 0 Å². The van der Waals surface area contributed by atoms with Crippen molar-refractivity contribution in [1.29, 1.82) is 0 Å². The molecule has 1 atom stereocenters. The molecule has 3 heteroatoms. The van der Waals surface area contributed by atoms with Gasteiger partial charge in [0, 0.05) is 12.4 Å². The van der Waals surface area contributed by atoms with Crippen LogP contribution < -0.4 is 5.32 Å². The van der Waals surface area contributed by atoms with Gasteiger partial charge in [0.1, 0.15) is 5.76 Å². The number of rotatable bonds is 4. The third-order valence-electron chi connectivity index (χ3n) is 2.63. The van der Waals surface area contributed by atoms with E-state index in [-0.39, 0.29) is 6.04 Å². The second-order valence-electron chi connectivity index (χ2n) is 3.74. The summed E-state index contributed by atoms with van der Waals surface area (Å²) in [5, 5.41) is 3.41. The first-order valence-electron chi connectivity index (χ1n) is 5.50. The highest BCUT2D eigenvalue weighted by Crippen LogP contribution is 2.24. The minimum absolute atomic E-state index is 0.0914. The molecular weight excluding hydrogens is 200 g/mol. The molecule has 3 nitrogen and oxygen atoms in total. The lowest BCUT2D eigenvalue weighted by molar-refractivity contribution is 0.451. The molecule has 0 aromatic carbocycles. The van der Waals surface area contributed by atoms with Crippen molar-refractivity contribution < 1.29 is 4.42 Å². The van der Waals surface area contributed by atoms with Gasteiger partial charge in [0.05, 0.1) is 12.3 Å². The zero-order valence-electron chi connectivity index (χ0n) is 9.60. The summed E-state index contributed by atoms with van der Waals surface area (Å²) in [5.74, 6) is 0.929. The van der Waals surface area contributed by atoms with Gasteiger partial charge in [-0.15, -0.1) is 0 Å². The molecule has 84 valence electrons. The smallest absolute Gasteiger partial charge is 0.125 e. The topological polar surface area (TPSA) is 38.1 Å². The van der Waals surface area contributed by atoms with Crippen LogP contribution >= 0.6 is 0 Å². The maximum Gasteiger partial charge on any atom is 0.125 e. The number of hydrogen-bond donors (Lipinski definition) is 1. The first-order valence-corrected chi connectivity index (χ1v) is 5.50. The number of aryl methyl sites for hydroxylation is 1. The molecule has 0 aliphatic heterocycles. The van der Waals surface area contributed by atoms with Gasteiger partial charge in [0.2, 0.25) is 0 Å². The van der Waals surface area contributed by atoms with Gasteiger partial charge in [0.15, 0.2) is 0 Å². The zero-order chi connectivity index (χ0) is 11.4. The molecular formula is C13H16N2O. The fourth-order valence-electron chi connectivity index (χ4n) is 1.80. The molecule has 1 unspecified atom stereocenters. The summed E-state index contributed by atoms with van der Waals surface area (Å²) < 4.78 is 5.47. The van der Waals surface area contributed by atoms with Crippen LogP contribution in [0.3, 0.4) is 0 Å². The van der Waals surface area contributed by atoms with Crippen molar-refractivity contribution in [3.63, 3.8) is 0 Å². The van der Waals surface area contributed by atoms with Gasteiger partial charge in [0.25, 0.3) is 0 Å². The number of furan rings is 1. The van der Waals surface area contributed by atoms with Gasteiger partial charge < -0.3 is 9.73 Å². The summed E-state index contributed by atoms with van der Waals surface area (Å²) in [7, 11) is 0. The Labute approximate surface area is 95.5 Å². The SMILES string of the molecule is CCNC(c1ccco1)c1cnccc1C. The largest absolute Gasteiger partial charge is 0.467 e. The molecule has 2 rings (SSSR count). The minimum Gasteiger partial charge on any atom is -0.467 e. The quantitative estimate of drug-likeness (QED) is 0.853. The van der Waals surface area contributed by atoms with Crippen molar-refractivity contribution in [2.75, 3.05) is 6.54 Å². The molecule has 16 heavy (non-hydrogen) atoms. The fraction of sp³-hybridized carbons (Fsp3) is 0.308. The standard InChI is InChI=1S/C13H16N2O/c1-3-15-13(12-5-4-8-16-12)11-9-14-7-6-10(11)2/h4-9,13,15H,3H2,1-2H3. The van der Waals surface area contributed by atoms with Crippen LogP contribution in [-0.4, -0.2) is 11.5 Å². The van der Waals surface area contributed by atoms with Crippen LogP contribution in [0, 0.1) is 6.92 Å². The van der Waals surface area contributed by atoms with Crippen molar-refractivity contribution in [3.8, 4) is 0 Å². The summed E-state index contributed by atoms with van der Waals surface area (Å²) in [5.41, 5.74) is 2.39. The maximum atomic E-state index is 5.47. The highest BCUT2D eigenvalue weighted by Gasteiger charge is 2.17. The Hall–Kier alpha value is -1.61. The second kappa shape index (κ2) is 4.94. The van der Waals surface area contributed by atoms with Gasteiger partial charge in [-0.05, 0) is 42.8 Å². The number of pyridine rings is 1. The van der Waals surface area contributed by atoms with Crippen LogP contribution in [-0.2, 0) is 0 Å². The van der Waals surface area contributed by atoms with Crippen LogP contribution in [0.1, 0.15) is 29.9 Å². The Morgan fingerprint density at radius 3 is 2.94 bits per heavy atom. The van der Waals surface area contributed by atoms with Crippen molar-refractivity contribution in [2.24, 2.45) is 0 Å². The second-order valence-corrected chi connectivity index (χ2v) is 3.74. The Bertz CT molecular complexity index is 437. The van der Waals surface area contributed by atoms with E-state index in [2.05, 4.69) is 24.1 Å². The molecule has 0 spiro atoms. The summed E-state index contributed by atoms with van der Waals surface area (Å²) in [4.78, 5) is 4.18. The van der Waals surface area contributed by atoms with Crippen LogP contribution in [0.5, 0.6) is 0 Å². The van der Waals surface area contributed by atoms with Crippen LogP contribution in [0.4, 0.5) is 0 Å². The van der Waals surface area contributed by atoms with Gasteiger partial charge in [-0.1, -0.05) is 6.92 Å². The average molecular weight is 216 g/mol. The van der Waals surface area contributed by atoms with Crippen molar-refractivity contribution in [1.82, 2.24) is 10.3 Å². The highest BCUT2D eigenvalue weighted by atomic mass is 16.3. The van der Waals surface area contributed by atoms with E-state index >= 15 is 0 Å². The molecule has 0 aliphatic carbocycles. The molecule has 2 heterocycles. The third-order valence-corrected chi connectivity index (χ3v) is 2.63. The van der Waals surface area contributed by atoms with Gasteiger partial charge in [-0.2, -0.15) is 0 Å². The number of hydrogen-bond acceptors (Lipinski definition) is 3. The third kappa shape index (κ3) is 2.14. The molecule has 1 N–H and O–H groups in total. The van der Waals surface area contributed by atoms with Gasteiger partial charge in [-0.3, -0.25) is 4.98 Å². The molecule has 0 radical (unpaired) electrons. The maximum absolute atomic E-state index is 5.47. The monoisotopic (exact) mass is 216 g/mol. The predicted molar refractivity (Wildman–Crippen MR) is 63.2 cm³/mol. The van der Waals surface area contributed by atoms with Crippen LogP contribution in [0.15, 0.2) is 41.3 Å². The molecule has 0 saturated carbocycles. The number of nitrogens with zero attached hydrogens (tertiary/aromatic N) is 1. The summed E-state index contributed by atoms with van der Waals surface area (Å²) in [6.45, 7) is 5.06. The first kappa shape index (κ1) is 10.9. The lowest BCUT2D eigenvalue weighted by Gasteiger charge is -2.17. The van der Waals surface area contributed by atoms with Crippen molar-refractivity contribution in [2.45, 2.75) is 19.9 Å². The molecule has 2 aromatic heterocycles. The molecule has 2 aromatic rings. The Balaban J connectivity index is 2.37. The van der Waals surface area contributed by atoms with E-state index in [9.17, 15) is 0 Å². The molecule has 0 saturated heterocycles. The first-order chi connectivity index (χ1) is 7.83. The molecule has 0 fully saturated rings. The summed E-state index contributed by atoms with van der Waals surface area (Å²) >= 11 is 0. The lowest BCUT2D eigenvalue weighted by atomic mass is 10.0. The zero-order valence-corrected chi connectivity index (χ0v) is 9.60. The van der Waals surface area contributed by atoms with Crippen LogP contribution in [0.25, 0.3) is 0 Å². The van der Waals surface area contributed by atoms with Crippen molar-refractivity contribution >= 4 is 0 Å². The van der Waals surface area contributed by atoms with Crippen molar-refractivity contribution in [3.05, 3.63) is 53.7 Å². The van der Waals surface area contributed by atoms with E-state index in [4.69, 9.17) is 4.42 Å². The Morgan fingerprint density at radius 1 is 1.44 bits per heavy atom. The van der Waals surface area contributed by atoms with E-state index in [0.29, 0.717) is 0 Å². The minimum atomic E-state index is 0.0914. The van der Waals surface area contributed by atoms with E-state index in [1.165, 1.54) is 11.1 Å². The van der Waals surface area contributed by atoms with E-state index < -0.39 is 0 Å². The van der Waals surface area contributed by atoms with E-state index in [0.717, 1.165) is 12.3 Å². The number of nitrogens with one attached hydrogen (secondary N) is 1. The molecule has 0 aliphatic rings. The van der Waals surface area contributed by atoms with E-state index in [1.54, 1.807) is 6.26 Å². The highest BCUT2D eigenvalue weighted by molar-refractivity contribution is 5.30. The average Bonchev–Trinajstić information content (AvgIpc) is 2.80. The Morgan fingerprint density at radius 2 is 2.31 bits per heavy atom. The Kier molecular flexibility index (Phi) is 3.37. The summed E-state index contributed by atoms with van der Waals surface area (Å²) in [6, 6.07) is 6.00. The summed E-state index contributed by atoms with van der Waals surface area (Å²) in [6.07, 6.45) is 5.40. The normalized spacial score (nSPS) is 12.6. The molecule has 0 amide bonds. The van der Waals surface area contributed by atoms with Gasteiger partial charge >= 0.3 is 0 Å². The van der Waals surface area contributed by atoms with Gasteiger partial charge in [-0.25, -0.2) is 0 Å². The lowest BCUT2D eigenvalue weighted by Crippen LogP contribution is -2.22.